The molecule has 0 unspecified atom stereocenters. The van der Waals surface area contributed by atoms with Crippen molar-refractivity contribution in [3.63, 3.8) is 0 Å². The van der Waals surface area contributed by atoms with Gasteiger partial charge in [0, 0.05) is 4.90 Å². The third kappa shape index (κ3) is 7.86. The zero-order chi connectivity index (χ0) is 22.3. The monoisotopic (exact) mass is 428 g/mol. The molecule has 0 aliphatic heterocycles. The van der Waals surface area contributed by atoms with E-state index in [-0.39, 0.29) is 23.7 Å². The van der Waals surface area contributed by atoms with E-state index >= 15 is 0 Å². The van der Waals surface area contributed by atoms with Gasteiger partial charge < -0.3 is 9.47 Å². The average Bonchev–Trinajstić information content (AvgIpc) is 2.66. The number of hydrogen-bond donors (Lipinski definition) is 0. The van der Waals surface area contributed by atoms with Gasteiger partial charge in [-0.1, -0.05) is 55.0 Å². The topological polar surface area (TPSA) is 52.6 Å². The van der Waals surface area contributed by atoms with Crippen molar-refractivity contribution in [3.8, 4) is 0 Å². The molecule has 0 amide bonds. The minimum absolute atomic E-state index is 0.00382. The van der Waals surface area contributed by atoms with Gasteiger partial charge in [-0.15, -0.1) is 11.8 Å². The van der Waals surface area contributed by atoms with Gasteiger partial charge in [0.1, 0.15) is 11.7 Å². The zero-order valence-electron chi connectivity index (χ0n) is 18.7. The summed E-state index contributed by atoms with van der Waals surface area (Å²) in [6.07, 6.45) is -0.365. The van der Waals surface area contributed by atoms with E-state index in [2.05, 4.69) is 24.3 Å². The van der Waals surface area contributed by atoms with Crippen LogP contribution in [0.25, 0.3) is 0 Å². The Morgan fingerprint density at radius 2 is 1.57 bits per heavy atom. The van der Waals surface area contributed by atoms with Crippen LogP contribution >= 0.6 is 11.8 Å². The van der Waals surface area contributed by atoms with Crippen LogP contribution in [-0.2, 0) is 19.1 Å². The van der Waals surface area contributed by atoms with E-state index in [0.29, 0.717) is 0 Å². The van der Waals surface area contributed by atoms with Gasteiger partial charge in [-0.25, -0.2) is 0 Å². The largest absolute Gasteiger partial charge is 0.461 e. The predicted octanol–water partition coefficient (Wildman–Crippen LogP) is 6.13. The summed E-state index contributed by atoms with van der Waals surface area (Å²) >= 11 is 1.66. The van der Waals surface area contributed by atoms with Crippen LogP contribution in [0.2, 0.25) is 0 Å². The Kier molecular flexibility index (Phi) is 8.54. The maximum Gasteiger partial charge on any atom is 0.309 e. The molecule has 0 heterocycles. The molecule has 4 nitrogen and oxygen atoms in total. The molecule has 2 aromatic rings. The zero-order valence-corrected chi connectivity index (χ0v) is 19.5. The second kappa shape index (κ2) is 10.7. The number of benzene rings is 2. The average molecular weight is 429 g/mol. The smallest absolute Gasteiger partial charge is 0.309 e. The Balaban J connectivity index is 2.09. The Bertz CT molecular complexity index is 824. The fraction of sp³-hybridized carbons (Fsp3) is 0.440. The fourth-order valence-corrected chi connectivity index (χ4v) is 4.06. The highest BCUT2D eigenvalue weighted by Crippen LogP contribution is 2.39. The van der Waals surface area contributed by atoms with Gasteiger partial charge in [-0.05, 0) is 52.3 Å². The third-order valence-electron chi connectivity index (χ3n) is 4.44. The maximum absolute atomic E-state index is 12.7. The molecule has 0 fully saturated rings. The SMILES string of the molecule is Cc1ccc([C@@H](Sc2ccccc2)[C@H](C)OC(=O)[C@H](C)CC(=O)OC(C)(C)C)cc1. The minimum Gasteiger partial charge on any atom is -0.461 e. The molecule has 0 bridgehead atoms. The van der Waals surface area contributed by atoms with Gasteiger partial charge in [0.25, 0.3) is 0 Å². The molecule has 5 heteroatoms. The van der Waals surface area contributed by atoms with E-state index in [0.717, 1.165) is 10.5 Å². The number of ether oxygens (including phenoxy) is 2. The van der Waals surface area contributed by atoms with Gasteiger partial charge in [0.15, 0.2) is 0 Å². The van der Waals surface area contributed by atoms with E-state index in [4.69, 9.17) is 9.47 Å². The highest BCUT2D eigenvalue weighted by Gasteiger charge is 2.28. The molecular weight excluding hydrogens is 396 g/mol. The summed E-state index contributed by atoms with van der Waals surface area (Å²) in [5, 5.41) is -0.0642. The van der Waals surface area contributed by atoms with E-state index in [1.54, 1.807) is 18.7 Å². The molecule has 0 aliphatic carbocycles. The lowest BCUT2D eigenvalue weighted by Gasteiger charge is -2.26. The summed E-state index contributed by atoms with van der Waals surface area (Å²) in [6.45, 7) is 11.1. The van der Waals surface area contributed by atoms with Crippen molar-refractivity contribution in [1.29, 1.82) is 0 Å². The van der Waals surface area contributed by atoms with Crippen LogP contribution in [0.3, 0.4) is 0 Å². The molecular formula is C25H32O4S. The fourth-order valence-electron chi connectivity index (χ4n) is 2.91. The number of rotatable bonds is 8. The van der Waals surface area contributed by atoms with Crippen LogP contribution in [0.5, 0.6) is 0 Å². The van der Waals surface area contributed by atoms with Crippen LogP contribution in [-0.4, -0.2) is 23.6 Å². The lowest BCUT2D eigenvalue weighted by atomic mass is 10.1. The maximum atomic E-state index is 12.7. The molecule has 0 radical (unpaired) electrons. The van der Waals surface area contributed by atoms with Crippen molar-refractivity contribution in [2.24, 2.45) is 5.92 Å². The van der Waals surface area contributed by atoms with Crippen molar-refractivity contribution in [3.05, 3.63) is 65.7 Å². The summed E-state index contributed by atoms with van der Waals surface area (Å²) in [6, 6.07) is 18.3. The van der Waals surface area contributed by atoms with Crippen molar-refractivity contribution in [1.82, 2.24) is 0 Å². The standard InChI is InChI=1S/C25H32O4S/c1-17-12-14-20(15-13-17)23(30-21-10-8-7-9-11-21)19(3)28-24(27)18(2)16-22(26)29-25(4,5)6/h7-15,18-19,23H,16H2,1-6H3/t18-,19+,23+/m1/s1. The molecule has 0 aromatic heterocycles. The molecule has 2 aromatic carbocycles. The van der Waals surface area contributed by atoms with Crippen LogP contribution in [0.4, 0.5) is 0 Å². The summed E-state index contributed by atoms with van der Waals surface area (Å²) in [7, 11) is 0. The van der Waals surface area contributed by atoms with Crippen LogP contribution in [0, 0.1) is 12.8 Å². The van der Waals surface area contributed by atoms with Crippen LogP contribution in [0.1, 0.15) is 57.4 Å². The van der Waals surface area contributed by atoms with Gasteiger partial charge in [0.05, 0.1) is 17.6 Å². The predicted molar refractivity (Wildman–Crippen MR) is 121 cm³/mol. The molecule has 0 aliphatic rings. The van der Waals surface area contributed by atoms with Crippen LogP contribution in [0.15, 0.2) is 59.5 Å². The second-order valence-electron chi connectivity index (χ2n) is 8.60. The lowest BCUT2D eigenvalue weighted by Crippen LogP contribution is -2.29. The van der Waals surface area contributed by atoms with Crippen LogP contribution < -0.4 is 0 Å². The molecule has 0 spiro atoms. The Labute approximate surface area is 184 Å². The highest BCUT2D eigenvalue weighted by atomic mass is 32.2. The quantitative estimate of drug-likeness (QED) is 0.374. The van der Waals surface area contributed by atoms with Gasteiger partial charge in [0.2, 0.25) is 0 Å². The summed E-state index contributed by atoms with van der Waals surface area (Å²) in [5.74, 6) is -1.35. The van der Waals surface area contributed by atoms with E-state index < -0.39 is 17.5 Å². The van der Waals surface area contributed by atoms with Crippen molar-refractivity contribution in [2.75, 3.05) is 0 Å². The number of carbonyl (C=O) groups excluding carboxylic acids is 2. The normalized spacial score (nSPS) is 14.5. The Morgan fingerprint density at radius 1 is 0.967 bits per heavy atom. The molecule has 162 valence electrons. The molecule has 0 N–H and O–H groups in total. The first-order valence-corrected chi connectivity index (χ1v) is 11.1. The summed E-state index contributed by atoms with van der Waals surface area (Å²) < 4.78 is 11.1. The van der Waals surface area contributed by atoms with E-state index in [9.17, 15) is 9.59 Å². The Hall–Kier alpha value is -2.27. The number of thioether (sulfide) groups is 1. The van der Waals surface area contributed by atoms with Gasteiger partial charge in [-0.3, -0.25) is 9.59 Å². The number of carbonyl (C=O) groups is 2. The highest BCUT2D eigenvalue weighted by molar-refractivity contribution is 7.99. The third-order valence-corrected chi connectivity index (χ3v) is 5.89. The van der Waals surface area contributed by atoms with E-state index in [1.807, 2.05) is 65.0 Å². The molecule has 3 atom stereocenters. The second-order valence-corrected chi connectivity index (χ2v) is 9.81. The molecule has 0 saturated heterocycles. The van der Waals surface area contributed by atoms with Crippen molar-refractivity contribution < 1.29 is 19.1 Å². The first-order chi connectivity index (χ1) is 14.0. The van der Waals surface area contributed by atoms with E-state index in [1.165, 1.54) is 5.56 Å². The Morgan fingerprint density at radius 3 is 2.13 bits per heavy atom. The first kappa shape index (κ1) is 24.0. The van der Waals surface area contributed by atoms with Crippen molar-refractivity contribution >= 4 is 23.7 Å². The molecule has 2 rings (SSSR count). The first-order valence-electron chi connectivity index (χ1n) is 10.3. The summed E-state index contributed by atoms with van der Waals surface area (Å²) in [4.78, 5) is 25.8. The lowest BCUT2D eigenvalue weighted by molar-refractivity contribution is -0.163. The van der Waals surface area contributed by atoms with Gasteiger partial charge in [-0.2, -0.15) is 0 Å². The number of aryl methyl sites for hydroxylation is 1. The van der Waals surface area contributed by atoms with Gasteiger partial charge >= 0.3 is 11.9 Å². The van der Waals surface area contributed by atoms with Crippen molar-refractivity contribution in [2.45, 2.75) is 69.8 Å². The number of esters is 2. The molecule has 30 heavy (non-hydrogen) atoms. The molecule has 0 saturated carbocycles. The summed E-state index contributed by atoms with van der Waals surface area (Å²) in [5.41, 5.74) is 1.70. The minimum atomic E-state index is -0.573. The number of hydrogen-bond acceptors (Lipinski definition) is 5.